The number of carbonyl (C=O) groups is 4. The molecule has 3 aliphatic rings. The zero-order chi connectivity index (χ0) is 37.0. The van der Waals surface area contributed by atoms with Crippen molar-refractivity contribution in [3.8, 4) is 5.88 Å². The van der Waals surface area contributed by atoms with Gasteiger partial charge in [0.15, 0.2) is 0 Å². The lowest BCUT2D eigenvalue weighted by molar-refractivity contribution is -0.143. The first-order valence-corrected chi connectivity index (χ1v) is 19.0. The summed E-state index contributed by atoms with van der Waals surface area (Å²) >= 11 is 3.51. The lowest BCUT2D eigenvalue weighted by Crippen LogP contribution is -2.60. The zero-order valence-corrected chi connectivity index (χ0v) is 31.9. The molecule has 2 heterocycles. The Hall–Kier alpha value is -3.72. The Morgan fingerprint density at radius 2 is 1.74 bits per heavy atom. The van der Waals surface area contributed by atoms with Crippen LogP contribution in [0.4, 0.5) is 4.79 Å². The second-order valence-corrected chi connectivity index (χ2v) is 18.2. The summed E-state index contributed by atoms with van der Waals surface area (Å²) < 4.78 is 39.9. The molecule has 5 rings (SSSR count). The van der Waals surface area contributed by atoms with Crippen molar-refractivity contribution in [3.05, 3.63) is 47.1 Å². The van der Waals surface area contributed by atoms with E-state index >= 15 is 0 Å². The Morgan fingerprint density at radius 1 is 1.10 bits per heavy atom. The molecule has 3 N–H and O–H groups in total. The predicted molar refractivity (Wildman–Crippen MR) is 191 cm³/mol. The zero-order valence-electron chi connectivity index (χ0n) is 29.5. The number of amides is 4. The van der Waals surface area contributed by atoms with Crippen molar-refractivity contribution < 1.29 is 37.1 Å². The van der Waals surface area contributed by atoms with Crippen molar-refractivity contribution in [3.63, 3.8) is 0 Å². The topological polar surface area (TPSA) is 173 Å². The molecule has 1 aromatic carbocycles. The number of halogens is 1. The minimum absolute atomic E-state index is 0.0270. The molecule has 15 heteroatoms. The number of hydrogen-bond donors (Lipinski definition) is 3. The van der Waals surface area contributed by atoms with Crippen LogP contribution in [0.2, 0.25) is 0 Å². The van der Waals surface area contributed by atoms with Crippen LogP contribution in [0.3, 0.4) is 0 Å². The van der Waals surface area contributed by atoms with Crippen LogP contribution in [0, 0.1) is 18.3 Å². The van der Waals surface area contributed by atoms with Gasteiger partial charge in [-0.05, 0) is 85.3 Å². The highest BCUT2D eigenvalue weighted by molar-refractivity contribution is 9.10. The molecule has 2 aliphatic carbocycles. The number of likely N-dealkylation sites (tertiary alicyclic amines) is 1. The predicted octanol–water partition coefficient (Wildman–Crippen LogP) is 4.26. The van der Waals surface area contributed by atoms with Gasteiger partial charge in [0.25, 0.3) is 5.91 Å². The van der Waals surface area contributed by atoms with E-state index in [1.54, 1.807) is 41.5 Å². The van der Waals surface area contributed by atoms with Crippen molar-refractivity contribution in [2.24, 2.45) is 11.3 Å². The third-order valence-electron chi connectivity index (χ3n) is 9.22. The summed E-state index contributed by atoms with van der Waals surface area (Å²) in [6.07, 6.45) is 1.09. The minimum atomic E-state index is -3.89. The summed E-state index contributed by atoms with van der Waals surface area (Å²) in [5.74, 6) is -2.27. The van der Waals surface area contributed by atoms with E-state index < -0.39 is 79.7 Å². The van der Waals surface area contributed by atoms with E-state index in [-0.39, 0.29) is 19.4 Å². The van der Waals surface area contributed by atoms with Crippen LogP contribution in [-0.4, -0.2) is 83.2 Å². The van der Waals surface area contributed by atoms with Crippen LogP contribution in [-0.2, 0) is 29.1 Å². The van der Waals surface area contributed by atoms with Gasteiger partial charge in [-0.3, -0.25) is 19.1 Å². The second kappa shape index (κ2) is 13.4. The van der Waals surface area contributed by atoms with Gasteiger partial charge in [0, 0.05) is 17.7 Å². The number of aryl methyl sites for hydroxylation is 1. The number of aromatic nitrogens is 1. The molecule has 2 saturated carbocycles. The number of nitrogens with one attached hydrogen (secondary N) is 3. The Morgan fingerprint density at radius 3 is 2.30 bits per heavy atom. The van der Waals surface area contributed by atoms with E-state index in [0.29, 0.717) is 23.3 Å². The summed E-state index contributed by atoms with van der Waals surface area (Å²) in [7, 11) is -3.89. The molecule has 3 fully saturated rings. The number of nitrogens with zero attached hydrogens (tertiary/aromatic N) is 2. The van der Waals surface area contributed by atoms with E-state index in [1.165, 1.54) is 11.0 Å². The van der Waals surface area contributed by atoms with Crippen molar-refractivity contribution in [1.29, 1.82) is 0 Å². The van der Waals surface area contributed by atoms with E-state index in [4.69, 9.17) is 9.47 Å². The van der Waals surface area contributed by atoms with Crippen LogP contribution < -0.4 is 20.1 Å². The van der Waals surface area contributed by atoms with Crippen LogP contribution in [0.1, 0.15) is 72.8 Å². The molecule has 1 unspecified atom stereocenters. The smallest absolute Gasteiger partial charge is 0.408 e. The van der Waals surface area contributed by atoms with Crippen LogP contribution in [0.5, 0.6) is 5.88 Å². The first-order valence-electron chi connectivity index (χ1n) is 16.7. The molecule has 0 spiro atoms. The Kier molecular flexibility index (Phi) is 10.1. The van der Waals surface area contributed by atoms with Gasteiger partial charge in [0.05, 0.1) is 11.8 Å². The number of carbonyl (C=O) groups excluding carboxylic acids is 4. The normalized spacial score (nSPS) is 24.2. The maximum absolute atomic E-state index is 14.4. The highest BCUT2D eigenvalue weighted by Gasteiger charge is 2.62. The molecule has 0 radical (unpaired) electrons. The first kappa shape index (κ1) is 37.5. The van der Waals surface area contributed by atoms with E-state index in [2.05, 4.69) is 42.8 Å². The van der Waals surface area contributed by atoms with Gasteiger partial charge in [-0.25, -0.2) is 18.2 Å². The molecule has 5 atom stereocenters. The second-order valence-electron chi connectivity index (χ2n) is 15.5. The number of rotatable bonds is 10. The summed E-state index contributed by atoms with van der Waals surface area (Å²) in [4.78, 5) is 61.0. The minimum Gasteiger partial charge on any atom is -0.472 e. The fourth-order valence-electron chi connectivity index (χ4n) is 6.22. The monoisotopic (exact) mass is 775 g/mol. The highest BCUT2D eigenvalue weighted by Crippen LogP contribution is 2.45. The van der Waals surface area contributed by atoms with Crippen molar-refractivity contribution in [2.45, 2.75) is 109 Å². The quantitative estimate of drug-likeness (QED) is 0.236. The number of pyridine rings is 1. The summed E-state index contributed by atoms with van der Waals surface area (Å²) in [5, 5.41) is 6.51. The third-order valence-corrected chi connectivity index (χ3v) is 11.8. The number of ether oxygens (including phenoxy) is 2. The number of sulfonamides is 1. The summed E-state index contributed by atoms with van der Waals surface area (Å²) in [5.41, 5.74) is -2.26. The van der Waals surface area contributed by atoms with E-state index in [9.17, 15) is 27.6 Å². The standard InChI is InChI=1S/C35H46BrN5O8S/c1-9-20-17-35(20,31(44)40-50(46,47)22-14-15-22)39-28(42)25-16-21(48-29-24-13-11-10-12-23(24)19(2)27(36)38-29)18-41(25)30(43)26(33(3,4)5)37-32(45)49-34(6,7)8/h9-13,20-22,25-26H,1,14-18H2,2-8H3,(H,37,45)(H,39,42)(H,40,44)/t20?,21-,25+,26-,35-/m1/s1. The average molecular weight is 777 g/mol. The molecule has 4 amide bonds. The average Bonchev–Trinajstić information content (AvgIpc) is 3.93. The van der Waals surface area contributed by atoms with E-state index in [1.807, 2.05) is 31.2 Å². The SMILES string of the molecule is C=CC1C[C@]1(NC(=O)[C@@H]1C[C@@H](Oc2nc(Br)c(C)c3ccccc23)CN1C(=O)[C@@H](NC(=O)OC(C)(C)C)C(C)(C)C)C(=O)NS(=O)(=O)C1CC1. The van der Waals surface area contributed by atoms with Gasteiger partial charge in [-0.2, -0.15) is 0 Å². The third kappa shape index (κ3) is 7.93. The molecule has 50 heavy (non-hydrogen) atoms. The van der Waals surface area contributed by atoms with Gasteiger partial charge < -0.3 is 25.0 Å². The van der Waals surface area contributed by atoms with E-state index in [0.717, 1.165) is 16.3 Å². The Balaban J connectivity index is 1.46. The van der Waals surface area contributed by atoms with Gasteiger partial charge in [-0.15, -0.1) is 6.58 Å². The molecule has 272 valence electrons. The number of alkyl carbamates (subject to hydrolysis) is 1. The Labute approximate surface area is 301 Å². The number of benzene rings is 1. The maximum atomic E-state index is 14.4. The molecule has 1 aliphatic heterocycles. The number of fused-ring (bicyclic) bond motifs is 1. The van der Waals surface area contributed by atoms with Crippen LogP contribution >= 0.6 is 15.9 Å². The fourth-order valence-corrected chi connectivity index (χ4v) is 7.96. The summed E-state index contributed by atoms with van der Waals surface area (Å²) in [6, 6.07) is 5.33. The number of hydrogen-bond acceptors (Lipinski definition) is 9. The highest BCUT2D eigenvalue weighted by atomic mass is 79.9. The van der Waals surface area contributed by atoms with Crippen LogP contribution in [0.15, 0.2) is 41.5 Å². The molecule has 2 aromatic rings. The first-order chi connectivity index (χ1) is 23.2. The van der Waals surface area contributed by atoms with Gasteiger partial charge >= 0.3 is 6.09 Å². The van der Waals surface area contributed by atoms with Crippen molar-refractivity contribution >= 4 is 60.5 Å². The lowest BCUT2D eigenvalue weighted by atomic mass is 9.85. The van der Waals surface area contributed by atoms with Crippen molar-refractivity contribution in [2.75, 3.05) is 6.54 Å². The van der Waals surface area contributed by atoms with Gasteiger partial charge in [0.1, 0.15) is 33.9 Å². The molecule has 13 nitrogen and oxygen atoms in total. The van der Waals surface area contributed by atoms with Gasteiger partial charge in [-0.1, -0.05) is 45.0 Å². The molecular formula is C35H46BrN5O8S. The molecule has 1 saturated heterocycles. The van der Waals surface area contributed by atoms with Crippen LogP contribution in [0.25, 0.3) is 10.8 Å². The van der Waals surface area contributed by atoms with Gasteiger partial charge in [0.2, 0.25) is 27.7 Å². The largest absolute Gasteiger partial charge is 0.472 e. The molecule has 1 aromatic heterocycles. The molecule has 0 bridgehead atoms. The van der Waals surface area contributed by atoms with Crippen molar-refractivity contribution in [1.82, 2.24) is 25.2 Å². The Bertz CT molecular complexity index is 1830. The fraction of sp³-hybridized carbons (Fsp3) is 0.571. The lowest BCUT2D eigenvalue weighted by Gasteiger charge is -2.36. The maximum Gasteiger partial charge on any atom is 0.408 e. The summed E-state index contributed by atoms with van der Waals surface area (Å²) in [6.45, 7) is 16.1. The molecular weight excluding hydrogens is 730 g/mol.